The lowest BCUT2D eigenvalue weighted by atomic mass is 10.1. The minimum atomic E-state index is -0.160. The van der Waals surface area contributed by atoms with Crippen LogP contribution in [0.3, 0.4) is 0 Å². The van der Waals surface area contributed by atoms with Crippen molar-refractivity contribution in [3.63, 3.8) is 0 Å². The molecule has 1 amide bonds. The fraction of sp³-hybridized carbons (Fsp3) is 0.250. The molecule has 1 aromatic carbocycles. The van der Waals surface area contributed by atoms with E-state index in [1.54, 1.807) is 35.4 Å². The molecule has 1 aliphatic rings. The maximum absolute atomic E-state index is 12.5. The third-order valence-corrected chi connectivity index (χ3v) is 3.51. The van der Waals surface area contributed by atoms with Gasteiger partial charge in [-0.15, -0.1) is 0 Å². The molecule has 0 bridgehead atoms. The van der Waals surface area contributed by atoms with Gasteiger partial charge in [-0.3, -0.25) is 9.59 Å². The van der Waals surface area contributed by atoms with E-state index in [2.05, 4.69) is 0 Å². The summed E-state index contributed by atoms with van der Waals surface area (Å²) < 4.78 is 7.38. The van der Waals surface area contributed by atoms with Crippen LogP contribution in [-0.2, 0) is 7.05 Å². The number of amides is 1. The minimum Gasteiger partial charge on any atom is -0.491 e. The zero-order valence-electron chi connectivity index (χ0n) is 11.8. The molecule has 3 rings (SSSR count). The van der Waals surface area contributed by atoms with Gasteiger partial charge in [0.25, 0.3) is 5.91 Å². The summed E-state index contributed by atoms with van der Waals surface area (Å²) in [6, 6.07) is 8.88. The molecule has 0 spiro atoms. The van der Waals surface area contributed by atoms with E-state index in [0.29, 0.717) is 30.0 Å². The molecule has 0 fully saturated rings. The Balaban J connectivity index is 1.80. The molecule has 0 saturated carbocycles. The van der Waals surface area contributed by atoms with E-state index in [-0.39, 0.29) is 18.2 Å². The lowest BCUT2D eigenvalue weighted by Gasteiger charge is -2.18. The molecule has 0 saturated heterocycles. The maximum atomic E-state index is 12.5. The molecule has 0 aliphatic carbocycles. The van der Waals surface area contributed by atoms with Crippen LogP contribution in [0.4, 0.5) is 0 Å². The highest BCUT2D eigenvalue weighted by Crippen LogP contribution is 2.22. The highest BCUT2D eigenvalue weighted by molar-refractivity contribution is 6.03. The van der Waals surface area contributed by atoms with Gasteiger partial charge in [0.05, 0.1) is 18.7 Å². The van der Waals surface area contributed by atoms with Crippen molar-refractivity contribution in [3.05, 3.63) is 53.9 Å². The number of aromatic nitrogens is 1. The summed E-state index contributed by atoms with van der Waals surface area (Å²) in [4.78, 5) is 26.3. The first-order chi connectivity index (χ1) is 10.1. The van der Waals surface area contributed by atoms with Gasteiger partial charge in [-0.2, -0.15) is 0 Å². The van der Waals surface area contributed by atoms with Crippen molar-refractivity contribution in [1.82, 2.24) is 9.47 Å². The van der Waals surface area contributed by atoms with Crippen LogP contribution in [0.15, 0.2) is 42.7 Å². The molecule has 5 heteroatoms. The quantitative estimate of drug-likeness (QED) is 0.807. The predicted molar refractivity (Wildman–Crippen MR) is 77.6 cm³/mol. The lowest BCUT2D eigenvalue weighted by molar-refractivity contribution is 0.0708. The van der Waals surface area contributed by atoms with Gasteiger partial charge in [0.2, 0.25) is 0 Å². The number of ether oxygens (including phenoxy) is 1. The molecule has 2 aromatic rings. The summed E-state index contributed by atoms with van der Waals surface area (Å²) >= 11 is 0. The van der Waals surface area contributed by atoms with E-state index in [9.17, 15) is 9.59 Å². The van der Waals surface area contributed by atoms with Crippen LogP contribution < -0.4 is 4.74 Å². The van der Waals surface area contributed by atoms with Crippen molar-refractivity contribution in [3.8, 4) is 5.75 Å². The van der Waals surface area contributed by atoms with Crippen LogP contribution in [0.1, 0.15) is 20.7 Å². The van der Waals surface area contributed by atoms with Crippen LogP contribution in [0.5, 0.6) is 5.75 Å². The number of hydrogen-bond donors (Lipinski definition) is 0. The summed E-state index contributed by atoms with van der Waals surface area (Å²) in [5, 5.41) is 0. The fourth-order valence-corrected chi connectivity index (χ4v) is 2.39. The SMILES string of the molecule is Cn1ccc(C(=O)CN2CCOc3ccccc3C2=O)c1. The van der Waals surface area contributed by atoms with E-state index >= 15 is 0 Å². The van der Waals surface area contributed by atoms with Crippen LogP contribution in [0.2, 0.25) is 0 Å². The fourth-order valence-electron chi connectivity index (χ4n) is 2.39. The number of hydrogen-bond acceptors (Lipinski definition) is 3. The Morgan fingerprint density at radius 1 is 1.29 bits per heavy atom. The van der Waals surface area contributed by atoms with Crippen molar-refractivity contribution >= 4 is 11.7 Å². The number of aryl methyl sites for hydroxylation is 1. The molecule has 1 aromatic heterocycles. The van der Waals surface area contributed by atoms with Crippen molar-refractivity contribution < 1.29 is 14.3 Å². The Bertz CT molecular complexity index is 690. The smallest absolute Gasteiger partial charge is 0.258 e. The normalized spacial score (nSPS) is 14.3. The van der Waals surface area contributed by atoms with Gasteiger partial charge >= 0.3 is 0 Å². The van der Waals surface area contributed by atoms with E-state index < -0.39 is 0 Å². The largest absolute Gasteiger partial charge is 0.491 e. The first kappa shape index (κ1) is 13.4. The molecule has 0 unspecified atom stereocenters. The molecule has 0 N–H and O–H groups in total. The topological polar surface area (TPSA) is 51.5 Å². The Kier molecular flexibility index (Phi) is 3.48. The number of fused-ring (bicyclic) bond motifs is 1. The number of nitrogens with zero attached hydrogens (tertiary/aromatic N) is 2. The van der Waals surface area contributed by atoms with Gasteiger partial charge in [0.15, 0.2) is 5.78 Å². The Morgan fingerprint density at radius 3 is 2.86 bits per heavy atom. The summed E-state index contributed by atoms with van der Waals surface area (Å²) in [5.41, 5.74) is 1.12. The Labute approximate surface area is 122 Å². The standard InChI is InChI=1S/C16H16N2O3/c1-17-7-6-12(10-17)14(19)11-18-8-9-21-15-5-3-2-4-13(15)16(18)20/h2-7,10H,8-9,11H2,1H3. The van der Waals surface area contributed by atoms with E-state index in [0.717, 1.165) is 0 Å². The average Bonchev–Trinajstić information content (AvgIpc) is 2.86. The Morgan fingerprint density at radius 2 is 2.10 bits per heavy atom. The molecular weight excluding hydrogens is 268 g/mol. The number of rotatable bonds is 3. The maximum Gasteiger partial charge on any atom is 0.258 e. The molecule has 0 atom stereocenters. The van der Waals surface area contributed by atoms with Crippen LogP contribution in [0, 0.1) is 0 Å². The summed E-state index contributed by atoms with van der Waals surface area (Å²) in [6.07, 6.45) is 3.57. The molecule has 108 valence electrons. The van der Waals surface area contributed by atoms with E-state index in [1.807, 2.05) is 23.9 Å². The number of carbonyl (C=O) groups excluding carboxylic acids is 2. The van der Waals surface area contributed by atoms with Crippen LogP contribution >= 0.6 is 0 Å². The molecule has 5 nitrogen and oxygen atoms in total. The molecule has 1 aliphatic heterocycles. The molecule has 21 heavy (non-hydrogen) atoms. The second kappa shape index (κ2) is 5.44. The minimum absolute atomic E-state index is 0.0664. The number of ketones is 1. The predicted octanol–water partition coefficient (Wildman–Crippen LogP) is 1.74. The molecule has 0 radical (unpaired) electrons. The van der Waals surface area contributed by atoms with E-state index in [1.165, 1.54) is 0 Å². The van der Waals surface area contributed by atoms with Crippen molar-refractivity contribution in [2.24, 2.45) is 7.05 Å². The third-order valence-electron chi connectivity index (χ3n) is 3.51. The molecule has 2 heterocycles. The van der Waals surface area contributed by atoms with Gasteiger partial charge < -0.3 is 14.2 Å². The van der Waals surface area contributed by atoms with Gasteiger partial charge in [-0.1, -0.05) is 12.1 Å². The second-order valence-corrected chi connectivity index (χ2v) is 5.06. The number of benzene rings is 1. The number of para-hydroxylation sites is 1. The average molecular weight is 284 g/mol. The van der Waals surface area contributed by atoms with Gasteiger partial charge in [-0.05, 0) is 18.2 Å². The van der Waals surface area contributed by atoms with Crippen molar-refractivity contribution in [2.45, 2.75) is 0 Å². The first-order valence-corrected chi connectivity index (χ1v) is 6.81. The third kappa shape index (κ3) is 2.67. The van der Waals surface area contributed by atoms with E-state index in [4.69, 9.17) is 4.74 Å². The Hall–Kier alpha value is -2.56. The summed E-state index contributed by atoms with van der Waals surface area (Å²) in [7, 11) is 1.86. The lowest BCUT2D eigenvalue weighted by Crippen LogP contribution is -2.36. The van der Waals surface area contributed by atoms with Crippen molar-refractivity contribution in [2.75, 3.05) is 19.7 Å². The number of Topliss-reactive ketones (excluding diaryl/α,β-unsaturated/α-hetero) is 1. The number of carbonyl (C=O) groups is 2. The van der Waals surface area contributed by atoms with Gasteiger partial charge in [0, 0.05) is 25.0 Å². The second-order valence-electron chi connectivity index (χ2n) is 5.06. The summed E-state index contributed by atoms with van der Waals surface area (Å²) in [6.45, 7) is 0.872. The zero-order chi connectivity index (χ0) is 14.8. The highest BCUT2D eigenvalue weighted by Gasteiger charge is 2.25. The zero-order valence-corrected chi connectivity index (χ0v) is 11.8. The van der Waals surface area contributed by atoms with Crippen LogP contribution in [0.25, 0.3) is 0 Å². The summed E-state index contributed by atoms with van der Waals surface area (Å²) in [5.74, 6) is 0.355. The monoisotopic (exact) mass is 284 g/mol. The first-order valence-electron chi connectivity index (χ1n) is 6.81. The molecular formula is C16H16N2O3. The highest BCUT2D eigenvalue weighted by atomic mass is 16.5. The van der Waals surface area contributed by atoms with Gasteiger partial charge in [0.1, 0.15) is 12.4 Å². The van der Waals surface area contributed by atoms with Gasteiger partial charge in [-0.25, -0.2) is 0 Å². The van der Waals surface area contributed by atoms with Crippen LogP contribution in [-0.4, -0.2) is 40.9 Å². The van der Waals surface area contributed by atoms with Crippen molar-refractivity contribution in [1.29, 1.82) is 0 Å².